The number of hydrogen-bond donors (Lipinski definition) is 2. The largest absolute Gasteiger partial charge is 0.497 e. The number of methoxy groups -OCH3 is 1. The number of halogens is 1. The highest BCUT2D eigenvalue weighted by Gasteiger charge is 2.20. The van der Waals surface area contributed by atoms with Crippen LogP contribution >= 0.6 is 0 Å². The second-order valence-electron chi connectivity index (χ2n) is 8.62. The van der Waals surface area contributed by atoms with E-state index in [1.165, 1.54) is 17.0 Å². The van der Waals surface area contributed by atoms with E-state index in [-0.39, 0.29) is 12.2 Å². The van der Waals surface area contributed by atoms with Crippen LogP contribution in [-0.4, -0.2) is 46.8 Å². The van der Waals surface area contributed by atoms with Crippen LogP contribution in [0, 0.1) is 5.82 Å². The quantitative estimate of drug-likeness (QED) is 0.273. The first kappa shape index (κ1) is 26.4. The zero-order valence-electron chi connectivity index (χ0n) is 21.4. The molecular formula is C29H30FN5O3. The Kier molecular flexibility index (Phi) is 8.71. The SMILES string of the molecule is CCCCN(CC(=O)Nc1cc(-c2ccccc2)nn1-c1ccc(OC)cc1)C(=O)Nc1ccccc1F. The molecule has 0 aliphatic rings. The van der Waals surface area contributed by atoms with Crippen molar-refractivity contribution in [3.63, 3.8) is 0 Å². The Morgan fingerprint density at radius 1 is 0.974 bits per heavy atom. The third-order valence-electron chi connectivity index (χ3n) is 5.88. The summed E-state index contributed by atoms with van der Waals surface area (Å²) in [6.45, 7) is 2.12. The molecule has 2 N–H and O–H groups in total. The molecule has 3 amide bonds. The number of unbranched alkanes of at least 4 members (excludes halogenated alkanes) is 1. The molecule has 0 spiro atoms. The third-order valence-corrected chi connectivity index (χ3v) is 5.88. The number of rotatable bonds is 10. The molecule has 0 radical (unpaired) electrons. The fourth-order valence-electron chi connectivity index (χ4n) is 3.85. The molecule has 3 aromatic carbocycles. The summed E-state index contributed by atoms with van der Waals surface area (Å²) >= 11 is 0. The summed E-state index contributed by atoms with van der Waals surface area (Å²) in [4.78, 5) is 27.5. The van der Waals surface area contributed by atoms with E-state index in [2.05, 4.69) is 10.6 Å². The lowest BCUT2D eigenvalue weighted by molar-refractivity contribution is -0.116. The van der Waals surface area contributed by atoms with Crippen molar-refractivity contribution in [2.75, 3.05) is 30.8 Å². The molecule has 0 unspecified atom stereocenters. The van der Waals surface area contributed by atoms with Crippen LogP contribution in [0.1, 0.15) is 19.8 Å². The van der Waals surface area contributed by atoms with Crippen LogP contribution in [0.15, 0.2) is 84.9 Å². The average molecular weight is 516 g/mol. The second kappa shape index (κ2) is 12.5. The number of aromatic nitrogens is 2. The van der Waals surface area contributed by atoms with E-state index in [9.17, 15) is 14.0 Å². The standard InChI is InChI=1S/C29H30FN5O3/c1-3-4-18-34(29(37)31-25-13-9-8-12-24(25)30)20-28(36)32-27-19-26(21-10-6-5-7-11-21)33-35(27)22-14-16-23(38-2)17-15-22/h5-17,19H,3-4,18,20H2,1-2H3,(H,31,37)(H,32,36). The molecule has 0 aliphatic heterocycles. The highest BCUT2D eigenvalue weighted by atomic mass is 19.1. The number of carbonyl (C=O) groups is 2. The molecule has 196 valence electrons. The fraction of sp³-hybridized carbons (Fsp3) is 0.207. The average Bonchev–Trinajstić information content (AvgIpc) is 3.36. The number of nitrogens with one attached hydrogen (secondary N) is 2. The van der Waals surface area contributed by atoms with Crippen molar-refractivity contribution in [1.29, 1.82) is 0 Å². The molecule has 4 aromatic rings. The van der Waals surface area contributed by atoms with Gasteiger partial charge in [-0.2, -0.15) is 5.10 Å². The van der Waals surface area contributed by atoms with Crippen molar-refractivity contribution in [3.05, 3.63) is 90.7 Å². The van der Waals surface area contributed by atoms with Gasteiger partial charge in [-0.3, -0.25) is 4.79 Å². The van der Waals surface area contributed by atoms with Gasteiger partial charge in [0.2, 0.25) is 5.91 Å². The molecule has 0 bridgehead atoms. The Bertz CT molecular complexity index is 1370. The zero-order chi connectivity index (χ0) is 26.9. The summed E-state index contributed by atoms with van der Waals surface area (Å²) in [5, 5.41) is 10.2. The number of hydrogen-bond acceptors (Lipinski definition) is 4. The molecule has 1 aromatic heterocycles. The minimum atomic E-state index is -0.549. The summed E-state index contributed by atoms with van der Waals surface area (Å²) in [6.07, 6.45) is 1.52. The number of para-hydroxylation sites is 1. The van der Waals surface area contributed by atoms with E-state index in [4.69, 9.17) is 9.84 Å². The van der Waals surface area contributed by atoms with Gasteiger partial charge in [-0.05, 0) is 42.8 Å². The van der Waals surface area contributed by atoms with Crippen LogP contribution in [0.5, 0.6) is 5.75 Å². The number of benzene rings is 3. The monoisotopic (exact) mass is 515 g/mol. The maximum Gasteiger partial charge on any atom is 0.322 e. The van der Waals surface area contributed by atoms with Gasteiger partial charge >= 0.3 is 6.03 Å². The van der Waals surface area contributed by atoms with Crippen molar-refractivity contribution in [2.24, 2.45) is 0 Å². The molecule has 0 saturated heterocycles. The zero-order valence-corrected chi connectivity index (χ0v) is 21.4. The first-order valence-corrected chi connectivity index (χ1v) is 12.4. The van der Waals surface area contributed by atoms with Crippen LogP contribution in [0.3, 0.4) is 0 Å². The van der Waals surface area contributed by atoms with Crippen molar-refractivity contribution in [1.82, 2.24) is 14.7 Å². The highest BCUT2D eigenvalue weighted by Crippen LogP contribution is 2.26. The third kappa shape index (κ3) is 6.56. The number of amides is 3. The van der Waals surface area contributed by atoms with Crippen LogP contribution in [0.25, 0.3) is 16.9 Å². The van der Waals surface area contributed by atoms with Gasteiger partial charge in [0, 0.05) is 18.2 Å². The summed E-state index contributed by atoms with van der Waals surface area (Å²) in [7, 11) is 1.59. The normalized spacial score (nSPS) is 10.6. The maximum absolute atomic E-state index is 14.1. The molecule has 0 saturated carbocycles. The van der Waals surface area contributed by atoms with Gasteiger partial charge in [-0.25, -0.2) is 13.9 Å². The Morgan fingerprint density at radius 2 is 1.68 bits per heavy atom. The lowest BCUT2D eigenvalue weighted by Gasteiger charge is -2.22. The minimum absolute atomic E-state index is 0.0597. The van der Waals surface area contributed by atoms with Gasteiger partial charge in [-0.15, -0.1) is 0 Å². The van der Waals surface area contributed by atoms with E-state index in [0.717, 1.165) is 17.7 Å². The second-order valence-corrected chi connectivity index (χ2v) is 8.62. The lowest BCUT2D eigenvalue weighted by Crippen LogP contribution is -2.41. The molecule has 4 rings (SSSR count). The molecule has 0 aliphatic carbocycles. The minimum Gasteiger partial charge on any atom is -0.497 e. The van der Waals surface area contributed by atoms with Crippen LogP contribution in [-0.2, 0) is 4.79 Å². The van der Waals surface area contributed by atoms with Gasteiger partial charge < -0.3 is 20.3 Å². The number of carbonyl (C=O) groups excluding carboxylic acids is 2. The van der Waals surface area contributed by atoms with Crippen LogP contribution in [0.4, 0.5) is 20.7 Å². The maximum atomic E-state index is 14.1. The van der Waals surface area contributed by atoms with Crippen LogP contribution < -0.4 is 15.4 Å². The molecule has 1 heterocycles. The molecule has 8 nitrogen and oxygen atoms in total. The summed E-state index contributed by atoms with van der Waals surface area (Å²) in [5.74, 6) is 0.197. The van der Waals surface area contributed by atoms with E-state index >= 15 is 0 Å². The molecule has 38 heavy (non-hydrogen) atoms. The van der Waals surface area contributed by atoms with Crippen molar-refractivity contribution < 1.29 is 18.7 Å². The summed E-state index contributed by atoms with van der Waals surface area (Å²) in [5.41, 5.74) is 2.36. The number of anilines is 2. The van der Waals surface area contributed by atoms with Gasteiger partial charge in [0.25, 0.3) is 0 Å². The van der Waals surface area contributed by atoms with Gasteiger partial charge in [0.05, 0.1) is 24.2 Å². The van der Waals surface area contributed by atoms with E-state index < -0.39 is 17.8 Å². The molecule has 9 heteroatoms. The van der Waals surface area contributed by atoms with E-state index in [1.807, 2.05) is 61.5 Å². The number of ether oxygens (including phenoxy) is 1. The van der Waals surface area contributed by atoms with Gasteiger partial charge in [0.15, 0.2) is 0 Å². The van der Waals surface area contributed by atoms with E-state index in [0.29, 0.717) is 30.2 Å². The Hall–Kier alpha value is -4.66. The van der Waals surface area contributed by atoms with Gasteiger partial charge in [-0.1, -0.05) is 55.8 Å². The number of nitrogens with zero attached hydrogens (tertiary/aromatic N) is 3. The number of urea groups is 1. The predicted molar refractivity (Wildman–Crippen MR) is 146 cm³/mol. The van der Waals surface area contributed by atoms with Gasteiger partial charge in [0.1, 0.15) is 23.9 Å². The van der Waals surface area contributed by atoms with Crippen molar-refractivity contribution in [3.8, 4) is 22.7 Å². The predicted octanol–water partition coefficient (Wildman–Crippen LogP) is 5.96. The molecule has 0 fully saturated rings. The molecular weight excluding hydrogens is 485 g/mol. The first-order chi connectivity index (χ1) is 18.5. The smallest absolute Gasteiger partial charge is 0.322 e. The summed E-state index contributed by atoms with van der Waals surface area (Å²) in [6, 6.07) is 24.1. The van der Waals surface area contributed by atoms with Crippen LogP contribution in [0.2, 0.25) is 0 Å². The summed E-state index contributed by atoms with van der Waals surface area (Å²) < 4.78 is 21.0. The van der Waals surface area contributed by atoms with Crippen molar-refractivity contribution >= 4 is 23.4 Å². The van der Waals surface area contributed by atoms with E-state index in [1.54, 1.807) is 30.0 Å². The Balaban J connectivity index is 1.56. The lowest BCUT2D eigenvalue weighted by atomic mass is 10.1. The Morgan fingerprint density at radius 3 is 2.37 bits per heavy atom. The fourth-order valence-corrected chi connectivity index (χ4v) is 3.85. The topological polar surface area (TPSA) is 88.5 Å². The highest BCUT2D eigenvalue weighted by molar-refractivity contribution is 5.97. The first-order valence-electron chi connectivity index (χ1n) is 12.4. The Labute approximate surface area is 221 Å². The molecule has 0 atom stereocenters. The van der Waals surface area contributed by atoms with Crippen molar-refractivity contribution in [2.45, 2.75) is 19.8 Å².